The molecular weight excluding hydrogens is 353 g/mol. The third-order valence-electron chi connectivity index (χ3n) is 3.90. The van der Waals surface area contributed by atoms with Crippen LogP contribution >= 0.6 is 36.2 Å². The number of hydrogen-bond acceptors (Lipinski definition) is 4. The SMILES string of the molecule is Cc1nc(-c2ccsc2)ccc1C(=O)N1CCNC[C@H]1C.Cl.Cl. The van der Waals surface area contributed by atoms with Crippen LogP contribution in [0.25, 0.3) is 11.3 Å². The molecule has 3 rings (SSSR count). The highest BCUT2D eigenvalue weighted by molar-refractivity contribution is 7.08. The van der Waals surface area contributed by atoms with Gasteiger partial charge in [-0.3, -0.25) is 9.78 Å². The molecule has 0 aliphatic carbocycles. The van der Waals surface area contributed by atoms with Gasteiger partial charge in [-0.1, -0.05) is 0 Å². The fourth-order valence-corrected chi connectivity index (χ4v) is 3.31. The van der Waals surface area contributed by atoms with Crippen LogP contribution < -0.4 is 5.32 Å². The highest BCUT2D eigenvalue weighted by Crippen LogP contribution is 2.22. The average Bonchev–Trinajstić information content (AvgIpc) is 3.01. The number of aromatic nitrogens is 1. The Balaban J connectivity index is 0.00000132. The van der Waals surface area contributed by atoms with E-state index in [0.717, 1.165) is 36.6 Å². The first-order valence-corrected chi connectivity index (χ1v) is 8.13. The first-order chi connectivity index (χ1) is 10.2. The van der Waals surface area contributed by atoms with E-state index in [-0.39, 0.29) is 36.8 Å². The van der Waals surface area contributed by atoms with E-state index in [1.54, 1.807) is 11.3 Å². The molecule has 1 aliphatic rings. The van der Waals surface area contributed by atoms with E-state index < -0.39 is 0 Å². The van der Waals surface area contributed by atoms with Gasteiger partial charge in [-0.05, 0) is 37.4 Å². The van der Waals surface area contributed by atoms with Crippen LogP contribution in [0.2, 0.25) is 0 Å². The molecule has 126 valence electrons. The minimum absolute atomic E-state index is 0. The first-order valence-electron chi connectivity index (χ1n) is 7.18. The van der Waals surface area contributed by atoms with Crippen molar-refractivity contribution in [3.05, 3.63) is 40.2 Å². The van der Waals surface area contributed by atoms with E-state index in [9.17, 15) is 4.79 Å². The molecule has 7 heteroatoms. The highest BCUT2D eigenvalue weighted by atomic mass is 35.5. The van der Waals surface area contributed by atoms with Crippen molar-refractivity contribution in [2.45, 2.75) is 19.9 Å². The predicted molar refractivity (Wildman–Crippen MR) is 100 cm³/mol. The lowest BCUT2D eigenvalue weighted by Gasteiger charge is -2.34. The van der Waals surface area contributed by atoms with Crippen LogP contribution in [0, 0.1) is 6.92 Å². The second-order valence-electron chi connectivity index (χ2n) is 5.39. The van der Waals surface area contributed by atoms with Crippen LogP contribution in [0.15, 0.2) is 29.0 Å². The van der Waals surface area contributed by atoms with Crippen molar-refractivity contribution >= 4 is 42.1 Å². The van der Waals surface area contributed by atoms with Gasteiger partial charge in [0.1, 0.15) is 0 Å². The third-order valence-corrected chi connectivity index (χ3v) is 4.58. The van der Waals surface area contributed by atoms with Crippen molar-refractivity contribution < 1.29 is 4.79 Å². The number of hydrogen-bond donors (Lipinski definition) is 1. The Morgan fingerprint density at radius 1 is 1.35 bits per heavy atom. The summed E-state index contributed by atoms with van der Waals surface area (Å²) in [4.78, 5) is 19.2. The lowest BCUT2D eigenvalue weighted by atomic mass is 10.1. The van der Waals surface area contributed by atoms with E-state index in [4.69, 9.17) is 0 Å². The van der Waals surface area contributed by atoms with Crippen LogP contribution in [0.1, 0.15) is 23.0 Å². The molecule has 0 unspecified atom stereocenters. The average molecular weight is 374 g/mol. The maximum Gasteiger partial charge on any atom is 0.256 e. The minimum Gasteiger partial charge on any atom is -0.333 e. The monoisotopic (exact) mass is 373 g/mol. The molecule has 3 heterocycles. The zero-order valence-electron chi connectivity index (χ0n) is 13.1. The molecule has 0 spiro atoms. The van der Waals surface area contributed by atoms with Gasteiger partial charge in [-0.15, -0.1) is 24.8 Å². The molecule has 1 amide bonds. The van der Waals surface area contributed by atoms with Crippen molar-refractivity contribution in [1.29, 1.82) is 0 Å². The van der Waals surface area contributed by atoms with Crippen LogP contribution in [0.3, 0.4) is 0 Å². The molecule has 0 radical (unpaired) electrons. The van der Waals surface area contributed by atoms with Crippen LogP contribution in [-0.4, -0.2) is 41.5 Å². The molecule has 0 saturated carbocycles. The molecule has 1 atom stereocenters. The van der Waals surface area contributed by atoms with Gasteiger partial charge < -0.3 is 10.2 Å². The second kappa shape index (κ2) is 8.64. The lowest BCUT2D eigenvalue weighted by molar-refractivity contribution is 0.0654. The fraction of sp³-hybridized carbons (Fsp3) is 0.375. The quantitative estimate of drug-likeness (QED) is 0.877. The van der Waals surface area contributed by atoms with Gasteiger partial charge in [-0.2, -0.15) is 11.3 Å². The number of aryl methyl sites for hydroxylation is 1. The summed E-state index contributed by atoms with van der Waals surface area (Å²) < 4.78 is 0. The Morgan fingerprint density at radius 3 is 2.74 bits per heavy atom. The first kappa shape index (κ1) is 19.9. The Bertz CT molecular complexity index is 649. The number of carbonyl (C=O) groups is 1. The lowest BCUT2D eigenvalue weighted by Crippen LogP contribution is -2.52. The van der Waals surface area contributed by atoms with Crippen molar-refractivity contribution in [3.63, 3.8) is 0 Å². The number of nitrogens with zero attached hydrogens (tertiary/aromatic N) is 2. The highest BCUT2D eigenvalue weighted by Gasteiger charge is 2.25. The molecule has 2 aromatic rings. The van der Waals surface area contributed by atoms with Crippen molar-refractivity contribution in [2.75, 3.05) is 19.6 Å². The van der Waals surface area contributed by atoms with E-state index in [0.29, 0.717) is 5.56 Å². The van der Waals surface area contributed by atoms with Crippen molar-refractivity contribution in [3.8, 4) is 11.3 Å². The van der Waals surface area contributed by atoms with Crippen molar-refractivity contribution in [2.24, 2.45) is 0 Å². The molecule has 1 N–H and O–H groups in total. The van der Waals surface area contributed by atoms with Gasteiger partial charge in [0.15, 0.2) is 0 Å². The normalized spacial score (nSPS) is 17.1. The Morgan fingerprint density at radius 2 is 2.13 bits per heavy atom. The third kappa shape index (κ3) is 4.23. The molecule has 2 aromatic heterocycles. The van der Waals surface area contributed by atoms with Crippen LogP contribution in [0.4, 0.5) is 0 Å². The fourth-order valence-electron chi connectivity index (χ4n) is 2.66. The minimum atomic E-state index is 0. The summed E-state index contributed by atoms with van der Waals surface area (Å²) in [6, 6.07) is 6.12. The Labute approximate surface area is 153 Å². The zero-order chi connectivity index (χ0) is 14.8. The van der Waals surface area contributed by atoms with E-state index in [2.05, 4.69) is 22.6 Å². The number of amides is 1. The van der Waals surface area contributed by atoms with Gasteiger partial charge in [0, 0.05) is 36.6 Å². The number of pyridine rings is 1. The number of halogens is 2. The van der Waals surface area contributed by atoms with E-state index in [1.807, 2.05) is 35.4 Å². The van der Waals surface area contributed by atoms with E-state index in [1.165, 1.54) is 0 Å². The number of nitrogens with one attached hydrogen (secondary N) is 1. The summed E-state index contributed by atoms with van der Waals surface area (Å²) in [5.41, 5.74) is 3.55. The molecule has 1 fully saturated rings. The molecule has 1 aliphatic heterocycles. The smallest absolute Gasteiger partial charge is 0.256 e. The summed E-state index contributed by atoms with van der Waals surface area (Å²) in [6.45, 7) is 6.45. The van der Waals surface area contributed by atoms with Gasteiger partial charge in [0.2, 0.25) is 0 Å². The number of carbonyl (C=O) groups excluding carboxylic acids is 1. The topological polar surface area (TPSA) is 45.2 Å². The summed E-state index contributed by atoms with van der Waals surface area (Å²) in [5, 5.41) is 7.41. The predicted octanol–water partition coefficient (Wildman–Crippen LogP) is 3.40. The van der Waals surface area contributed by atoms with Gasteiger partial charge in [-0.25, -0.2) is 0 Å². The standard InChI is InChI=1S/C16H19N3OS.2ClH/c1-11-9-17-6-7-19(11)16(20)14-3-4-15(18-12(14)2)13-5-8-21-10-13;;/h3-5,8,10-11,17H,6-7,9H2,1-2H3;2*1H/t11-;;/m1../s1. The molecule has 4 nitrogen and oxygen atoms in total. The van der Waals surface area contributed by atoms with Gasteiger partial charge in [0.25, 0.3) is 5.91 Å². The van der Waals surface area contributed by atoms with Gasteiger partial charge >= 0.3 is 0 Å². The number of piperazine rings is 1. The molecular formula is C16H21Cl2N3OS. The Kier molecular flexibility index (Phi) is 7.48. The number of thiophene rings is 1. The maximum absolute atomic E-state index is 12.7. The van der Waals surface area contributed by atoms with E-state index >= 15 is 0 Å². The maximum atomic E-state index is 12.7. The Hall–Kier alpha value is -1.14. The molecule has 0 aromatic carbocycles. The second-order valence-corrected chi connectivity index (χ2v) is 6.17. The molecule has 23 heavy (non-hydrogen) atoms. The summed E-state index contributed by atoms with van der Waals surface area (Å²) in [7, 11) is 0. The summed E-state index contributed by atoms with van der Waals surface area (Å²) in [6.07, 6.45) is 0. The van der Waals surface area contributed by atoms with Gasteiger partial charge in [0.05, 0.1) is 17.0 Å². The molecule has 0 bridgehead atoms. The zero-order valence-corrected chi connectivity index (χ0v) is 15.6. The van der Waals surface area contributed by atoms with Crippen LogP contribution in [0.5, 0.6) is 0 Å². The molecule has 1 saturated heterocycles. The summed E-state index contributed by atoms with van der Waals surface area (Å²) >= 11 is 1.65. The largest absolute Gasteiger partial charge is 0.333 e. The van der Waals surface area contributed by atoms with Crippen LogP contribution in [-0.2, 0) is 0 Å². The van der Waals surface area contributed by atoms with Crippen molar-refractivity contribution in [1.82, 2.24) is 15.2 Å². The number of rotatable bonds is 2. The summed E-state index contributed by atoms with van der Waals surface area (Å²) in [5.74, 6) is 0.0888.